The van der Waals surface area contributed by atoms with E-state index in [-0.39, 0.29) is 6.10 Å². The lowest BCUT2D eigenvalue weighted by Crippen LogP contribution is -2.05. The van der Waals surface area contributed by atoms with E-state index in [9.17, 15) is 0 Å². The second-order valence-corrected chi connectivity index (χ2v) is 7.88. The van der Waals surface area contributed by atoms with Crippen LogP contribution >= 0.6 is 15.9 Å². The van der Waals surface area contributed by atoms with E-state index in [2.05, 4.69) is 54.0 Å². The molecule has 2 rings (SSSR count). The summed E-state index contributed by atoms with van der Waals surface area (Å²) in [7, 11) is 0. The molecule has 1 atom stereocenters. The Morgan fingerprint density at radius 2 is 1.88 bits per heavy atom. The van der Waals surface area contributed by atoms with Gasteiger partial charge in [0.2, 0.25) is 0 Å². The lowest BCUT2D eigenvalue weighted by Gasteiger charge is -2.14. The molecule has 0 radical (unpaired) electrons. The topological polar surface area (TPSA) is 18.5 Å². The quantitative estimate of drug-likeness (QED) is 0.350. The highest BCUT2D eigenvalue weighted by Crippen LogP contribution is 2.30. The van der Waals surface area contributed by atoms with Crippen molar-refractivity contribution >= 4 is 26.7 Å². The van der Waals surface area contributed by atoms with Crippen LogP contribution in [0.1, 0.15) is 52.0 Å². The second kappa shape index (κ2) is 9.31. The molecule has 0 amide bonds. The Bertz CT molecular complexity index is 652. The van der Waals surface area contributed by atoms with Gasteiger partial charge in [-0.05, 0) is 81.0 Å². The zero-order chi connectivity index (χ0) is 17.5. The Kier molecular flexibility index (Phi) is 7.41. The Hall–Kier alpha value is -1.22. The maximum Gasteiger partial charge on any atom is 0.122 e. The number of aryl methyl sites for hydroxylation is 1. The number of alkyl halides is 1. The van der Waals surface area contributed by atoms with Gasteiger partial charge in [0.1, 0.15) is 11.5 Å². The van der Waals surface area contributed by atoms with Crippen molar-refractivity contribution in [3.8, 4) is 11.5 Å². The molecule has 0 fully saturated rings. The Morgan fingerprint density at radius 1 is 1.08 bits per heavy atom. The fourth-order valence-corrected chi connectivity index (χ4v) is 3.12. The van der Waals surface area contributed by atoms with Gasteiger partial charge in [0.25, 0.3) is 0 Å². The standard InChI is InChI=1S/C21H29BrO2/c1-5-18(22)8-6-7-13-23-21-12-9-17-14-19(24-15(2)3)10-11-20(17)16(21)4/h9-12,14-15,18H,5-8,13H2,1-4H3. The first kappa shape index (κ1) is 19.1. The molecule has 0 N–H and O–H groups in total. The molecule has 0 saturated carbocycles. The number of ether oxygens (including phenoxy) is 2. The number of halogens is 1. The maximum absolute atomic E-state index is 6.01. The average Bonchev–Trinajstić information content (AvgIpc) is 2.55. The predicted molar refractivity (Wildman–Crippen MR) is 107 cm³/mol. The molecule has 2 aromatic rings. The number of fused-ring (bicyclic) bond motifs is 1. The number of rotatable bonds is 9. The number of unbranched alkanes of at least 4 members (excludes halogenated alkanes) is 1. The molecule has 3 heteroatoms. The van der Waals surface area contributed by atoms with Gasteiger partial charge in [-0.1, -0.05) is 35.0 Å². The minimum Gasteiger partial charge on any atom is -0.493 e. The van der Waals surface area contributed by atoms with Crippen molar-refractivity contribution in [2.75, 3.05) is 6.61 Å². The van der Waals surface area contributed by atoms with Gasteiger partial charge in [-0.3, -0.25) is 0 Å². The molecular formula is C21H29BrO2. The molecule has 0 aromatic heterocycles. The van der Waals surface area contributed by atoms with Gasteiger partial charge >= 0.3 is 0 Å². The number of benzene rings is 2. The summed E-state index contributed by atoms with van der Waals surface area (Å²) in [6.45, 7) is 9.22. The average molecular weight is 393 g/mol. The van der Waals surface area contributed by atoms with E-state index in [1.807, 2.05) is 19.9 Å². The van der Waals surface area contributed by atoms with E-state index in [1.165, 1.54) is 35.6 Å². The summed E-state index contributed by atoms with van der Waals surface area (Å²) in [5.41, 5.74) is 1.20. The number of hydrogen-bond acceptors (Lipinski definition) is 2. The van der Waals surface area contributed by atoms with E-state index < -0.39 is 0 Å². The third-order valence-corrected chi connectivity index (χ3v) is 5.30. The van der Waals surface area contributed by atoms with Crippen LogP contribution in [0.25, 0.3) is 10.8 Å². The Balaban J connectivity index is 1.98. The summed E-state index contributed by atoms with van der Waals surface area (Å²) in [5, 5.41) is 2.43. The van der Waals surface area contributed by atoms with E-state index in [1.54, 1.807) is 0 Å². The third kappa shape index (κ3) is 5.41. The zero-order valence-electron chi connectivity index (χ0n) is 15.3. The van der Waals surface area contributed by atoms with Crippen molar-refractivity contribution < 1.29 is 9.47 Å². The van der Waals surface area contributed by atoms with Crippen LogP contribution in [-0.2, 0) is 0 Å². The van der Waals surface area contributed by atoms with Gasteiger partial charge in [-0.15, -0.1) is 0 Å². The molecule has 2 nitrogen and oxygen atoms in total. The highest BCUT2D eigenvalue weighted by Gasteiger charge is 2.07. The second-order valence-electron chi connectivity index (χ2n) is 6.59. The van der Waals surface area contributed by atoms with Crippen molar-refractivity contribution in [2.24, 2.45) is 0 Å². The normalized spacial score (nSPS) is 12.6. The molecule has 0 heterocycles. The summed E-state index contributed by atoms with van der Waals surface area (Å²) in [6, 6.07) is 10.5. The Morgan fingerprint density at radius 3 is 2.58 bits per heavy atom. The van der Waals surface area contributed by atoms with Gasteiger partial charge in [0.05, 0.1) is 12.7 Å². The molecule has 2 aromatic carbocycles. The zero-order valence-corrected chi connectivity index (χ0v) is 16.9. The fourth-order valence-electron chi connectivity index (χ4n) is 2.80. The molecule has 24 heavy (non-hydrogen) atoms. The van der Waals surface area contributed by atoms with Crippen LogP contribution in [0, 0.1) is 6.92 Å². The monoisotopic (exact) mass is 392 g/mol. The van der Waals surface area contributed by atoms with Crippen LogP contribution in [0.4, 0.5) is 0 Å². The van der Waals surface area contributed by atoms with Gasteiger partial charge in [-0.2, -0.15) is 0 Å². The molecule has 0 aliphatic heterocycles. The lowest BCUT2D eigenvalue weighted by molar-refractivity contribution is 0.243. The molecule has 0 aliphatic rings. The smallest absolute Gasteiger partial charge is 0.122 e. The van der Waals surface area contributed by atoms with E-state index in [4.69, 9.17) is 9.47 Å². The van der Waals surface area contributed by atoms with E-state index in [0.717, 1.165) is 24.5 Å². The molecule has 0 spiro atoms. The van der Waals surface area contributed by atoms with Crippen LogP contribution in [0.15, 0.2) is 30.3 Å². The minimum atomic E-state index is 0.193. The highest BCUT2D eigenvalue weighted by atomic mass is 79.9. The lowest BCUT2D eigenvalue weighted by atomic mass is 10.0. The van der Waals surface area contributed by atoms with Crippen LogP contribution < -0.4 is 9.47 Å². The van der Waals surface area contributed by atoms with Crippen molar-refractivity contribution in [1.29, 1.82) is 0 Å². The molecular weight excluding hydrogens is 364 g/mol. The van der Waals surface area contributed by atoms with Gasteiger partial charge < -0.3 is 9.47 Å². The van der Waals surface area contributed by atoms with Crippen molar-refractivity contribution in [3.63, 3.8) is 0 Å². The Labute approximate surface area is 154 Å². The minimum absolute atomic E-state index is 0.193. The first-order chi connectivity index (χ1) is 11.5. The van der Waals surface area contributed by atoms with Crippen LogP contribution in [0.2, 0.25) is 0 Å². The van der Waals surface area contributed by atoms with Crippen LogP contribution in [0.3, 0.4) is 0 Å². The van der Waals surface area contributed by atoms with E-state index in [0.29, 0.717) is 4.83 Å². The SMILES string of the molecule is CCC(Br)CCCCOc1ccc2cc(OC(C)C)ccc2c1C. The van der Waals surface area contributed by atoms with Crippen LogP contribution in [0.5, 0.6) is 11.5 Å². The first-order valence-corrected chi connectivity index (χ1v) is 9.89. The largest absolute Gasteiger partial charge is 0.493 e. The van der Waals surface area contributed by atoms with Crippen LogP contribution in [-0.4, -0.2) is 17.5 Å². The number of hydrogen-bond donors (Lipinski definition) is 0. The molecule has 0 bridgehead atoms. The van der Waals surface area contributed by atoms with Gasteiger partial charge in [0.15, 0.2) is 0 Å². The van der Waals surface area contributed by atoms with Crippen molar-refractivity contribution in [1.82, 2.24) is 0 Å². The van der Waals surface area contributed by atoms with Gasteiger partial charge in [0, 0.05) is 4.83 Å². The molecule has 0 saturated heterocycles. The van der Waals surface area contributed by atoms with Crippen molar-refractivity contribution in [2.45, 2.75) is 64.3 Å². The summed E-state index contributed by atoms with van der Waals surface area (Å²) < 4.78 is 11.8. The van der Waals surface area contributed by atoms with Crippen molar-refractivity contribution in [3.05, 3.63) is 35.9 Å². The van der Waals surface area contributed by atoms with E-state index >= 15 is 0 Å². The molecule has 0 aliphatic carbocycles. The highest BCUT2D eigenvalue weighted by molar-refractivity contribution is 9.09. The molecule has 1 unspecified atom stereocenters. The summed E-state index contributed by atoms with van der Waals surface area (Å²) in [6.07, 6.45) is 4.90. The first-order valence-electron chi connectivity index (χ1n) is 8.98. The molecule has 132 valence electrons. The van der Waals surface area contributed by atoms with Gasteiger partial charge in [-0.25, -0.2) is 0 Å². The fraction of sp³-hybridized carbons (Fsp3) is 0.524. The summed E-state index contributed by atoms with van der Waals surface area (Å²) >= 11 is 3.68. The summed E-state index contributed by atoms with van der Waals surface area (Å²) in [5.74, 6) is 1.91. The summed E-state index contributed by atoms with van der Waals surface area (Å²) in [4.78, 5) is 0.641. The third-order valence-electron chi connectivity index (χ3n) is 4.19. The maximum atomic E-state index is 6.01. The predicted octanol–water partition coefficient (Wildman–Crippen LogP) is 6.66.